The van der Waals surface area contributed by atoms with E-state index in [1.165, 1.54) is 16.2 Å². The van der Waals surface area contributed by atoms with Crippen LogP contribution in [0.2, 0.25) is 0 Å². The number of rotatable bonds is 5. The van der Waals surface area contributed by atoms with Gasteiger partial charge in [0.15, 0.2) is 7.14 Å². The van der Waals surface area contributed by atoms with Gasteiger partial charge >= 0.3 is 0 Å². The van der Waals surface area contributed by atoms with E-state index in [-0.39, 0.29) is 0 Å². The molecule has 222 valence electrons. The Morgan fingerprint density at radius 1 is 0.426 bits per heavy atom. The molecule has 0 aliphatic rings. The van der Waals surface area contributed by atoms with E-state index in [0.717, 1.165) is 60.2 Å². The van der Waals surface area contributed by atoms with Gasteiger partial charge in [-0.05, 0) is 53.9 Å². The maximum atomic E-state index is 15.1. The smallest absolute Gasteiger partial charge is 0.171 e. The summed E-state index contributed by atoms with van der Waals surface area (Å²) in [6.45, 7) is 0. The second-order valence-corrected chi connectivity index (χ2v) is 14.7. The van der Waals surface area contributed by atoms with Crippen LogP contribution in [-0.2, 0) is 4.57 Å². The molecule has 2 heterocycles. The normalized spacial score (nSPS) is 11.9. The number of hydrogen-bond acceptors (Lipinski definition) is 2. The van der Waals surface area contributed by atoms with Crippen molar-refractivity contribution in [2.45, 2.75) is 0 Å². The van der Waals surface area contributed by atoms with Gasteiger partial charge < -0.3 is 9.13 Å². The highest BCUT2D eigenvalue weighted by atomic mass is 31.2. The maximum absolute atomic E-state index is 15.1. The molecule has 0 saturated heterocycles. The zero-order valence-corrected chi connectivity index (χ0v) is 26.4. The fourth-order valence-corrected chi connectivity index (χ4v) is 9.69. The minimum absolute atomic E-state index is 0.812. The lowest BCUT2D eigenvalue weighted by Gasteiger charge is -2.20. The minimum Gasteiger partial charge on any atom is -0.309 e. The minimum atomic E-state index is -3.08. The van der Waals surface area contributed by atoms with Gasteiger partial charge in [-0.2, -0.15) is 0 Å². The average molecular weight is 621 g/mol. The fraction of sp³-hybridized carbons (Fsp3) is 0. The first-order valence-corrected chi connectivity index (χ1v) is 17.5. The van der Waals surface area contributed by atoms with Crippen LogP contribution in [0.5, 0.6) is 0 Å². The van der Waals surface area contributed by atoms with Crippen LogP contribution in [-0.4, -0.2) is 9.55 Å². The molecule has 0 N–H and O–H groups in total. The van der Waals surface area contributed by atoms with Crippen molar-refractivity contribution in [2.24, 2.45) is 0 Å². The molecular formula is C43H29N2OP. The van der Waals surface area contributed by atoms with E-state index in [0.29, 0.717) is 0 Å². The monoisotopic (exact) mass is 620 g/mol. The lowest BCUT2D eigenvalue weighted by atomic mass is 9.98. The molecule has 3 nitrogen and oxygen atoms in total. The van der Waals surface area contributed by atoms with E-state index >= 15 is 4.57 Å². The summed E-state index contributed by atoms with van der Waals surface area (Å²) in [6.07, 6.45) is 0. The SMILES string of the molecule is O=P(c1ccccc1)(c1ccccc1)c1ccc(-n2c3ccccc3c3cc4c(cc32)c(-c2ccccc2)nc2ccccc24)cc1. The summed E-state index contributed by atoms with van der Waals surface area (Å²) in [5, 5.41) is 8.29. The largest absolute Gasteiger partial charge is 0.309 e. The zero-order chi connectivity index (χ0) is 31.4. The molecule has 0 aliphatic carbocycles. The summed E-state index contributed by atoms with van der Waals surface area (Å²) in [5.74, 6) is 0. The van der Waals surface area contributed by atoms with Gasteiger partial charge in [0, 0.05) is 48.7 Å². The highest BCUT2D eigenvalue weighted by molar-refractivity contribution is 7.85. The Kier molecular flexibility index (Phi) is 6.41. The van der Waals surface area contributed by atoms with Crippen LogP contribution in [0, 0.1) is 0 Å². The molecule has 0 bridgehead atoms. The van der Waals surface area contributed by atoms with Crippen molar-refractivity contribution in [3.8, 4) is 16.9 Å². The molecule has 2 aromatic heterocycles. The summed E-state index contributed by atoms with van der Waals surface area (Å²) in [6, 6.07) is 60.1. The molecule has 0 spiro atoms. The van der Waals surface area contributed by atoms with Gasteiger partial charge in [0.2, 0.25) is 0 Å². The standard InChI is InChI=1S/C43H29N2OP/c46-47(32-16-6-2-7-17-32,33-18-8-3-9-19-33)34-26-24-31(25-27-34)45-41-23-13-11-21-36(41)38-28-37-35-20-10-12-22-40(35)44-43(39(37)29-42(38)45)30-14-4-1-5-15-30/h1-29H. The van der Waals surface area contributed by atoms with E-state index < -0.39 is 7.14 Å². The molecule has 0 aliphatic heterocycles. The van der Waals surface area contributed by atoms with Crippen LogP contribution in [0.4, 0.5) is 0 Å². The third-order valence-electron chi connectivity index (χ3n) is 9.25. The topological polar surface area (TPSA) is 34.9 Å². The molecule has 0 saturated carbocycles. The Hall–Kier alpha value is -5.76. The Labute approximate surface area is 272 Å². The lowest BCUT2D eigenvalue weighted by Crippen LogP contribution is -2.24. The van der Waals surface area contributed by atoms with Crippen molar-refractivity contribution >= 4 is 66.5 Å². The first-order valence-electron chi connectivity index (χ1n) is 15.8. The number of nitrogens with zero attached hydrogens (tertiary/aromatic N) is 2. The molecule has 0 amide bonds. The van der Waals surface area contributed by atoms with Crippen molar-refractivity contribution in [1.82, 2.24) is 9.55 Å². The van der Waals surface area contributed by atoms with Crippen LogP contribution >= 0.6 is 7.14 Å². The number of pyridine rings is 1. The number of aromatic nitrogens is 2. The number of para-hydroxylation sites is 2. The fourth-order valence-electron chi connectivity index (χ4n) is 7.04. The van der Waals surface area contributed by atoms with Crippen LogP contribution in [0.1, 0.15) is 0 Å². The molecule has 7 aromatic carbocycles. The van der Waals surface area contributed by atoms with Crippen LogP contribution in [0.3, 0.4) is 0 Å². The van der Waals surface area contributed by atoms with E-state index in [4.69, 9.17) is 4.98 Å². The van der Waals surface area contributed by atoms with Crippen LogP contribution < -0.4 is 15.9 Å². The molecule has 9 aromatic rings. The highest BCUT2D eigenvalue weighted by Gasteiger charge is 2.29. The highest BCUT2D eigenvalue weighted by Crippen LogP contribution is 2.43. The van der Waals surface area contributed by atoms with Gasteiger partial charge in [0.05, 0.1) is 22.2 Å². The van der Waals surface area contributed by atoms with Gasteiger partial charge in [0.25, 0.3) is 0 Å². The van der Waals surface area contributed by atoms with Crippen molar-refractivity contribution in [3.63, 3.8) is 0 Å². The summed E-state index contributed by atoms with van der Waals surface area (Å²) in [7, 11) is -3.08. The van der Waals surface area contributed by atoms with Gasteiger partial charge in [-0.15, -0.1) is 0 Å². The first-order chi connectivity index (χ1) is 23.2. The van der Waals surface area contributed by atoms with E-state index in [9.17, 15) is 0 Å². The van der Waals surface area contributed by atoms with Crippen molar-refractivity contribution in [1.29, 1.82) is 0 Å². The van der Waals surface area contributed by atoms with E-state index in [1.54, 1.807) is 0 Å². The molecule has 4 heteroatoms. The number of benzene rings is 7. The Morgan fingerprint density at radius 3 is 1.66 bits per heavy atom. The Bertz CT molecular complexity index is 2590. The van der Waals surface area contributed by atoms with E-state index in [1.807, 2.05) is 78.9 Å². The number of fused-ring (bicyclic) bond motifs is 6. The van der Waals surface area contributed by atoms with Gasteiger partial charge in [0.1, 0.15) is 0 Å². The van der Waals surface area contributed by atoms with Crippen molar-refractivity contribution < 1.29 is 4.57 Å². The second-order valence-electron chi connectivity index (χ2n) is 11.9. The molecular weight excluding hydrogens is 591 g/mol. The molecule has 0 atom stereocenters. The third-order valence-corrected chi connectivity index (χ3v) is 12.3. The summed E-state index contributed by atoms with van der Waals surface area (Å²) >= 11 is 0. The lowest BCUT2D eigenvalue weighted by molar-refractivity contribution is 0.592. The predicted octanol–water partition coefficient (Wildman–Crippen LogP) is 9.79. The molecule has 47 heavy (non-hydrogen) atoms. The predicted molar refractivity (Wildman–Crippen MR) is 198 cm³/mol. The number of hydrogen-bond donors (Lipinski definition) is 0. The van der Waals surface area contributed by atoms with Gasteiger partial charge in [-0.25, -0.2) is 4.98 Å². The van der Waals surface area contributed by atoms with Crippen molar-refractivity contribution in [3.05, 3.63) is 176 Å². The first kappa shape index (κ1) is 27.5. The Morgan fingerprint density at radius 2 is 0.979 bits per heavy atom. The van der Waals surface area contributed by atoms with Gasteiger partial charge in [-0.3, -0.25) is 0 Å². The summed E-state index contributed by atoms with van der Waals surface area (Å²) < 4.78 is 17.4. The van der Waals surface area contributed by atoms with Crippen LogP contribution in [0.25, 0.3) is 60.4 Å². The molecule has 9 rings (SSSR count). The van der Waals surface area contributed by atoms with E-state index in [2.05, 4.69) is 102 Å². The molecule has 0 radical (unpaired) electrons. The maximum Gasteiger partial charge on any atom is 0.171 e. The summed E-state index contributed by atoms with van der Waals surface area (Å²) in [4.78, 5) is 5.19. The summed E-state index contributed by atoms with van der Waals surface area (Å²) in [5.41, 5.74) is 6.29. The second kappa shape index (κ2) is 10.9. The molecule has 0 unspecified atom stereocenters. The zero-order valence-electron chi connectivity index (χ0n) is 25.5. The third kappa shape index (κ3) is 4.35. The molecule has 0 fully saturated rings. The Balaban J connectivity index is 1.30. The quantitative estimate of drug-likeness (QED) is 0.142. The van der Waals surface area contributed by atoms with Crippen molar-refractivity contribution in [2.75, 3.05) is 0 Å². The van der Waals surface area contributed by atoms with Gasteiger partial charge in [-0.1, -0.05) is 127 Å². The average Bonchev–Trinajstić information content (AvgIpc) is 3.48. The van der Waals surface area contributed by atoms with Crippen LogP contribution in [0.15, 0.2) is 176 Å².